The number of amides is 1. The van der Waals surface area contributed by atoms with Crippen LogP contribution in [0.5, 0.6) is 0 Å². The van der Waals surface area contributed by atoms with Gasteiger partial charge in [-0.2, -0.15) is 0 Å². The maximum absolute atomic E-state index is 13.3. The van der Waals surface area contributed by atoms with Crippen LogP contribution in [0.4, 0.5) is 0 Å². The van der Waals surface area contributed by atoms with E-state index in [4.69, 9.17) is 18.9 Å². The van der Waals surface area contributed by atoms with Crippen LogP contribution >= 0.6 is 0 Å². The van der Waals surface area contributed by atoms with Crippen molar-refractivity contribution in [3.8, 4) is 0 Å². The van der Waals surface area contributed by atoms with E-state index in [0.717, 1.165) is 32.1 Å². The molecule has 2 saturated heterocycles. The number of allylic oxidation sites excluding steroid dienone is 3. The van der Waals surface area contributed by atoms with Crippen molar-refractivity contribution in [2.24, 2.45) is 0 Å². The Kier molecular flexibility index (Phi) is 47.4. The first-order valence-corrected chi connectivity index (χ1v) is 33.1. The van der Waals surface area contributed by atoms with Gasteiger partial charge in [0.25, 0.3) is 0 Å². The molecule has 14 nitrogen and oxygen atoms in total. The third-order valence-electron chi connectivity index (χ3n) is 16.4. The molecule has 2 rings (SSSR count). The Morgan fingerprint density at radius 2 is 0.810 bits per heavy atom. The zero-order valence-corrected chi connectivity index (χ0v) is 50.4. The lowest BCUT2D eigenvalue weighted by molar-refractivity contribution is -0.359. The zero-order chi connectivity index (χ0) is 57.4. The van der Waals surface area contributed by atoms with Gasteiger partial charge in [-0.25, -0.2) is 0 Å². The van der Waals surface area contributed by atoms with Gasteiger partial charge in [-0.1, -0.05) is 276 Å². The van der Waals surface area contributed by atoms with Crippen molar-refractivity contribution >= 4 is 5.91 Å². The SMILES string of the molecule is CCCCCCCCCC/C=C/CC/C=C/C(O)C(COC1OC(CO)C(OC2OC(CO)C(O)C(O)C2O)C(O)C1O)NC(=O)CCCCCCCCCCCCCCCCCCCCCCCCCCCCCCCCC. The zero-order valence-electron chi connectivity index (χ0n) is 50.4. The fourth-order valence-electron chi connectivity index (χ4n) is 11.1. The van der Waals surface area contributed by atoms with Gasteiger partial charge in [-0.05, 0) is 32.1 Å². The molecule has 0 saturated carbocycles. The van der Waals surface area contributed by atoms with Crippen LogP contribution in [0.2, 0.25) is 0 Å². The number of ether oxygens (including phenoxy) is 4. The molecule has 14 heteroatoms. The van der Waals surface area contributed by atoms with Crippen molar-refractivity contribution < 1.29 is 64.6 Å². The maximum Gasteiger partial charge on any atom is 0.220 e. The Morgan fingerprint density at radius 1 is 0.443 bits per heavy atom. The Balaban J connectivity index is 1.64. The topological polar surface area (TPSA) is 228 Å². The number of aliphatic hydroxyl groups is 8. The van der Waals surface area contributed by atoms with Crippen molar-refractivity contribution in [3.63, 3.8) is 0 Å². The first-order chi connectivity index (χ1) is 38.6. The predicted octanol–water partition coefficient (Wildman–Crippen LogP) is 12.4. The quantitative estimate of drug-likeness (QED) is 0.0204. The van der Waals surface area contributed by atoms with E-state index in [0.29, 0.717) is 12.8 Å². The number of hydrogen-bond acceptors (Lipinski definition) is 13. The molecule has 2 aliphatic rings. The van der Waals surface area contributed by atoms with Crippen molar-refractivity contribution in [2.45, 2.75) is 364 Å². The fraction of sp³-hybridized carbons (Fsp3) is 0.923. The molecule has 466 valence electrons. The largest absolute Gasteiger partial charge is 0.394 e. The standard InChI is InChI=1S/C65H123NO13/c1-3-5-7-9-11-13-15-17-19-20-21-22-23-24-25-26-27-28-29-30-31-32-33-34-35-37-39-41-43-45-47-49-57(70)66-53(54(69)48-46-44-42-40-38-36-18-16-14-12-10-8-6-4-2)52-76-64-62(75)60(73)63(56(51-68)78-64)79-65-61(74)59(72)58(71)55(50-67)77-65/h38,40,46,48,53-56,58-65,67-69,71-75H,3-37,39,41-45,47,49-52H2,1-2H3,(H,66,70)/b40-38+,48-46+. The summed E-state index contributed by atoms with van der Waals surface area (Å²) in [6, 6.07) is -0.927. The van der Waals surface area contributed by atoms with E-state index in [1.54, 1.807) is 6.08 Å². The molecule has 0 aromatic carbocycles. The van der Waals surface area contributed by atoms with E-state index in [2.05, 4.69) is 31.3 Å². The number of aliphatic hydroxyl groups excluding tert-OH is 8. The molecule has 9 N–H and O–H groups in total. The molecule has 1 amide bonds. The second-order valence-corrected chi connectivity index (χ2v) is 23.6. The van der Waals surface area contributed by atoms with Gasteiger partial charge >= 0.3 is 0 Å². The second-order valence-electron chi connectivity index (χ2n) is 23.6. The van der Waals surface area contributed by atoms with Crippen LogP contribution in [0, 0.1) is 0 Å². The first-order valence-electron chi connectivity index (χ1n) is 33.1. The van der Waals surface area contributed by atoms with Crippen LogP contribution in [0.3, 0.4) is 0 Å². The third kappa shape index (κ3) is 36.0. The van der Waals surface area contributed by atoms with E-state index in [-0.39, 0.29) is 18.9 Å². The van der Waals surface area contributed by atoms with Gasteiger partial charge < -0.3 is 65.1 Å². The molecule has 0 aromatic rings. The van der Waals surface area contributed by atoms with Crippen LogP contribution in [-0.2, 0) is 23.7 Å². The van der Waals surface area contributed by atoms with Gasteiger partial charge in [-0.3, -0.25) is 4.79 Å². The van der Waals surface area contributed by atoms with Crippen molar-refractivity contribution in [1.29, 1.82) is 0 Å². The number of nitrogens with one attached hydrogen (secondary N) is 1. The first kappa shape index (κ1) is 73.6. The van der Waals surface area contributed by atoms with Gasteiger partial charge in [0.05, 0.1) is 32.0 Å². The summed E-state index contributed by atoms with van der Waals surface area (Å²) >= 11 is 0. The highest BCUT2D eigenvalue weighted by atomic mass is 16.7. The highest BCUT2D eigenvalue weighted by Gasteiger charge is 2.51. The average Bonchev–Trinajstić information content (AvgIpc) is 3.48. The Labute approximate surface area is 481 Å². The minimum atomic E-state index is -1.79. The summed E-state index contributed by atoms with van der Waals surface area (Å²) in [7, 11) is 0. The summed E-state index contributed by atoms with van der Waals surface area (Å²) in [4.78, 5) is 13.3. The minimum Gasteiger partial charge on any atom is -0.394 e. The summed E-state index contributed by atoms with van der Waals surface area (Å²) in [5.74, 6) is -0.244. The second kappa shape index (κ2) is 50.9. The Bertz CT molecular complexity index is 1420. The van der Waals surface area contributed by atoms with Crippen LogP contribution in [-0.4, -0.2) is 140 Å². The monoisotopic (exact) mass is 1130 g/mol. The molecular formula is C65H123NO13. The van der Waals surface area contributed by atoms with E-state index in [1.807, 2.05) is 6.08 Å². The third-order valence-corrected chi connectivity index (χ3v) is 16.4. The molecule has 12 unspecified atom stereocenters. The highest BCUT2D eigenvalue weighted by molar-refractivity contribution is 5.76. The highest BCUT2D eigenvalue weighted by Crippen LogP contribution is 2.30. The molecular weight excluding hydrogens is 1000 g/mol. The Morgan fingerprint density at radius 3 is 1.24 bits per heavy atom. The molecule has 2 fully saturated rings. The average molecular weight is 1130 g/mol. The Hall–Kier alpha value is -1.53. The number of hydrogen-bond donors (Lipinski definition) is 9. The lowest BCUT2D eigenvalue weighted by Gasteiger charge is -2.46. The molecule has 0 bridgehead atoms. The maximum atomic E-state index is 13.3. The molecule has 2 aliphatic heterocycles. The molecule has 0 spiro atoms. The lowest BCUT2D eigenvalue weighted by atomic mass is 9.97. The number of carbonyl (C=O) groups is 1. The van der Waals surface area contributed by atoms with Crippen LogP contribution in [0.1, 0.15) is 290 Å². The summed E-state index contributed by atoms with van der Waals surface area (Å²) in [5.41, 5.74) is 0. The fourth-order valence-corrected chi connectivity index (χ4v) is 11.1. The van der Waals surface area contributed by atoms with Crippen molar-refractivity contribution in [1.82, 2.24) is 5.32 Å². The molecule has 0 aliphatic carbocycles. The van der Waals surface area contributed by atoms with Crippen molar-refractivity contribution in [3.05, 3.63) is 24.3 Å². The van der Waals surface area contributed by atoms with Crippen molar-refractivity contribution in [2.75, 3.05) is 19.8 Å². The van der Waals surface area contributed by atoms with Crippen LogP contribution < -0.4 is 5.32 Å². The van der Waals surface area contributed by atoms with E-state index in [1.165, 1.54) is 225 Å². The summed E-state index contributed by atoms with van der Waals surface area (Å²) in [6.45, 7) is 2.80. The number of rotatable bonds is 54. The van der Waals surface area contributed by atoms with Crippen LogP contribution in [0.25, 0.3) is 0 Å². The van der Waals surface area contributed by atoms with Crippen LogP contribution in [0.15, 0.2) is 24.3 Å². The molecule has 12 atom stereocenters. The van der Waals surface area contributed by atoms with Gasteiger partial charge in [0, 0.05) is 6.42 Å². The molecule has 0 radical (unpaired) electrons. The van der Waals surface area contributed by atoms with Gasteiger partial charge in [0.1, 0.15) is 48.8 Å². The summed E-state index contributed by atoms with van der Waals surface area (Å²) in [5, 5.41) is 87.1. The van der Waals surface area contributed by atoms with E-state index >= 15 is 0 Å². The lowest BCUT2D eigenvalue weighted by Crippen LogP contribution is -2.65. The summed E-state index contributed by atoms with van der Waals surface area (Å²) < 4.78 is 22.8. The van der Waals surface area contributed by atoms with Gasteiger partial charge in [0.15, 0.2) is 12.6 Å². The van der Waals surface area contributed by atoms with Gasteiger partial charge in [-0.15, -0.1) is 0 Å². The summed E-state index contributed by atoms with van der Waals surface area (Å²) in [6.07, 6.45) is 45.4. The molecule has 2 heterocycles. The number of carbonyl (C=O) groups excluding carboxylic acids is 1. The molecule has 79 heavy (non-hydrogen) atoms. The van der Waals surface area contributed by atoms with E-state index < -0.39 is 86.8 Å². The minimum absolute atomic E-state index is 0.244. The van der Waals surface area contributed by atoms with Gasteiger partial charge in [0.2, 0.25) is 5.91 Å². The normalized spacial score (nSPS) is 24.5. The smallest absolute Gasteiger partial charge is 0.220 e. The number of unbranched alkanes of at least 4 members (excludes halogenated alkanes) is 39. The molecule has 0 aromatic heterocycles. The van der Waals surface area contributed by atoms with E-state index in [9.17, 15) is 45.6 Å². The predicted molar refractivity (Wildman–Crippen MR) is 318 cm³/mol.